The minimum absolute atomic E-state index is 0.229. The first kappa shape index (κ1) is 8.88. The highest BCUT2D eigenvalue weighted by molar-refractivity contribution is 6.17. The van der Waals surface area contributed by atoms with Crippen LogP contribution in [0.4, 0.5) is 0 Å². The van der Waals surface area contributed by atoms with Crippen LogP contribution in [-0.2, 0) is 11.3 Å². The molecule has 0 aromatic carbocycles. The van der Waals surface area contributed by atoms with E-state index in [0.717, 1.165) is 0 Å². The van der Waals surface area contributed by atoms with Crippen molar-refractivity contribution in [3.8, 4) is 5.88 Å². The predicted molar refractivity (Wildman–Crippen MR) is 51.3 cm³/mol. The van der Waals surface area contributed by atoms with Crippen LogP contribution < -0.4 is 4.74 Å². The highest BCUT2D eigenvalue weighted by atomic mass is 35.5. The van der Waals surface area contributed by atoms with Gasteiger partial charge in [-0.3, -0.25) is 0 Å². The summed E-state index contributed by atoms with van der Waals surface area (Å²) in [6.07, 6.45) is 0. The van der Waals surface area contributed by atoms with Crippen LogP contribution >= 0.6 is 11.6 Å². The maximum absolute atomic E-state index is 7.49. The quantitative estimate of drug-likeness (QED) is 0.695. The molecule has 3 nitrogen and oxygen atoms in total. The largest absolute Gasteiger partial charge is 0.479 e. The summed E-state index contributed by atoms with van der Waals surface area (Å²) in [4.78, 5) is 0. The van der Waals surface area contributed by atoms with E-state index in [-0.39, 0.29) is 5.41 Å². The van der Waals surface area contributed by atoms with Gasteiger partial charge in [-0.1, -0.05) is 20.8 Å². The van der Waals surface area contributed by atoms with E-state index in [1.54, 1.807) is 0 Å². The molecule has 0 saturated carbocycles. The number of hydrogen-bond donors (Lipinski definition) is 0. The first-order valence-corrected chi connectivity index (χ1v) is 4.42. The summed E-state index contributed by atoms with van der Waals surface area (Å²) < 4.78 is 17.6. The van der Waals surface area contributed by atoms with Gasteiger partial charge in [0.2, 0.25) is 0 Å². The number of rotatable bonds is 2. The van der Waals surface area contributed by atoms with Crippen molar-refractivity contribution in [1.82, 2.24) is 5.16 Å². The molecule has 0 amide bonds. The number of nitrogens with zero attached hydrogens (tertiary/aromatic N) is 1. The SMILES string of the molecule is [2H][C@@H](Cl)c1c(OC)noc1C(C)(C)C. The zero-order chi connectivity index (χ0) is 10.9. The molecule has 0 unspecified atom stereocenters. The van der Waals surface area contributed by atoms with E-state index in [1.165, 1.54) is 7.11 Å². The Morgan fingerprint density at radius 3 is 2.62 bits per heavy atom. The van der Waals surface area contributed by atoms with Gasteiger partial charge in [-0.15, -0.1) is 11.6 Å². The van der Waals surface area contributed by atoms with Crippen molar-refractivity contribution in [3.05, 3.63) is 11.3 Å². The van der Waals surface area contributed by atoms with Crippen LogP contribution in [0.1, 0.15) is 33.5 Å². The van der Waals surface area contributed by atoms with E-state index in [9.17, 15) is 0 Å². The summed E-state index contributed by atoms with van der Waals surface area (Å²) in [6.45, 7) is 5.90. The topological polar surface area (TPSA) is 35.3 Å². The Morgan fingerprint density at radius 2 is 2.23 bits per heavy atom. The highest BCUT2D eigenvalue weighted by Crippen LogP contribution is 2.32. The third kappa shape index (κ3) is 1.97. The Morgan fingerprint density at radius 1 is 1.62 bits per heavy atom. The molecular formula is C9H14ClNO2. The van der Waals surface area contributed by atoms with Gasteiger partial charge in [0.1, 0.15) is 5.76 Å². The molecule has 1 aromatic heterocycles. The standard InChI is InChI=1S/C9H14ClNO2/c1-9(2,3)7-6(5-10)8(12-4)11-13-7/h5H2,1-4H3/i5D/t5-/m1/s1. The third-order valence-electron chi connectivity index (χ3n) is 1.68. The summed E-state index contributed by atoms with van der Waals surface area (Å²) in [5.41, 5.74) is 0.287. The third-order valence-corrected chi connectivity index (χ3v) is 1.90. The minimum Gasteiger partial charge on any atom is -0.479 e. The van der Waals surface area contributed by atoms with Gasteiger partial charge in [-0.25, -0.2) is 0 Å². The summed E-state index contributed by atoms with van der Waals surface area (Å²) in [5, 5.41) is 3.72. The molecular weight excluding hydrogens is 190 g/mol. The van der Waals surface area contributed by atoms with E-state index in [2.05, 4.69) is 5.16 Å². The fourth-order valence-electron chi connectivity index (χ4n) is 1.07. The van der Waals surface area contributed by atoms with Crippen molar-refractivity contribution in [2.24, 2.45) is 0 Å². The summed E-state index contributed by atoms with van der Waals surface area (Å²) in [6, 6.07) is 0. The van der Waals surface area contributed by atoms with Gasteiger partial charge in [0.15, 0.2) is 0 Å². The van der Waals surface area contributed by atoms with Gasteiger partial charge in [0.25, 0.3) is 5.88 Å². The molecule has 0 aliphatic heterocycles. The molecule has 4 heteroatoms. The molecule has 13 heavy (non-hydrogen) atoms. The Bertz CT molecular complexity index is 317. The predicted octanol–water partition coefficient (Wildman–Crippen LogP) is 2.72. The fourth-order valence-corrected chi connectivity index (χ4v) is 1.26. The lowest BCUT2D eigenvalue weighted by Gasteiger charge is -2.14. The van der Waals surface area contributed by atoms with Crippen LogP contribution in [0.5, 0.6) is 5.88 Å². The van der Waals surface area contributed by atoms with Crippen molar-refractivity contribution in [3.63, 3.8) is 0 Å². The first-order valence-electron chi connectivity index (χ1n) is 4.56. The Balaban J connectivity index is 3.25. The van der Waals surface area contributed by atoms with Gasteiger partial charge in [-0.05, 0) is 5.16 Å². The van der Waals surface area contributed by atoms with Crippen LogP contribution in [0.15, 0.2) is 4.52 Å². The molecule has 0 bridgehead atoms. The van der Waals surface area contributed by atoms with Crippen LogP contribution in [0.3, 0.4) is 0 Å². The number of hydrogen-bond acceptors (Lipinski definition) is 3. The van der Waals surface area contributed by atoms with E-state index in [1.807, 2.05) is 20.8 Å². The molecule has 0 radical (unpaired) electrons. The van der Waals surface area contributed by atoms with Gasteiger partial charge < -0.3 is 9.26 Å². The zero-order valence-electron chi connectivity index (χ0n) is 9.22. The number of alkyl halides is 1. The van der Waals surface area contributed by atoms with E-state index < -0.39 is 5.86 Å². The lowest BCUT2D eigenvalue weighted by atomic mass is 9.91. The van der Waals surface area contributed by atoms with Crippen molar-refractivity contribution in [1.29, 1.82) is 0 Å². The van der Waals surface area contributed by atoms with Crippen molar-refractivity contribution < 1.29 is 10.6 Å². The van der Waals surface area contributed by atoms with Gasteiger partial charge >= 0.3 is 0 Å². The van der Waals surface area contributed by atoms with Crippen LogP contribution in [-0.4, -0.2) is 12.3 Å². The Labute approximate surface area is 84.4 Å². The second-order valence-corrected chi connectivity index (χ2v) is 4.01. The molecule has 1 rings (SSSR count). The average molecular weight is 205 g/mol. The van der Waals surface area contributed by atoms with Crippen LogP contribution in [0.25, 0.3) is 0 Å². The number of ether oxygens (including phenoxy) is 1. The monoisotopic (exact) mass is 204 g/mol. The summed E-state index contributed by atoms with van der Waals surface area (Å²) in [7, 11) is 1.48. The van der Waals surface area contributed by atoms with Crippen molar-refractivity contribution in [2.45, 2.75) is 32.0 Å². The Kier molecular flexibility index (Phi) is 2.44. The number of aromatic nitrogens is 1. The van der Waals surface area contributed by atoms with E-state index >= 15 is 0 Å². The zero-order valence-corrected chi connectivity index (χ0v) is 8.97. The molecule has 0 aliphatic rings. The van der Waals surface area contributed by atoms with Crippen LogP contribution in [0, 0.1) is 0 Å². The summed E-state index contributed by atoms with van der Waals surface area (Å²) in [5.74, 6) is -0.0142. The summed E-state index contributed by atoms with van der Waals surface area (Å²) >= 11 is 5.73. The molecule has 0 aliphatic carbocycles. The van der Waals surface area contributed by atoms with Gasteiger partial charge in [0, 0.05) is 6.79 Å². The lowest BCUT2D eigenvalue weighted by molar-refractivity contribution is 0.301. The van der Waals surface area contributed by atoms with Gasteiger partial charge in [-0.2, -0.15) is 0 Å². The molecule has 0 fully saturated rings. The lowest BCUT2D eigenvalue weighted by Crippen LogP contribution is -2.12. The normalized spacial score (nSPS) is 15.3. The maximum Gasteiger partial charge on any atom is 0.258 e. The van der Waals surface area contributed by atoms with E-state index in [0.29, 0.717) is 17.2 Å². The highest BCUT2D eigenvalue weighted by Gasteiger charge is 2.26. The second-order valence-electron chi connectivity index (χ2n) is 3.79. The maximum atomic E-state index is 7.49. The van der Waals surface area contributed by atoms with Crippen LogP contribution in [0.2, 0.25) is 0 Å². The van der Waals surface area contributed by atoms with Crippen molar-refractivity contribution >= 4 is 11.6 Å². The number of halogens is 1. The molecule has 0 saturated heterocycles. The minimum atomic E-state index is -0.912. The smallest absolute Gasteiger partial charge is 0.258 e. The Hall–Kier alpha value is -0.700. The fraction of sp³-hybridized carbons (Fsp3) is 0.667. The average Bonchev–Trinajstić information content (AvgIpc) is 2.45. The van der Waals surface area contributed by atoms with Crippen molar-refractivity contribution in [2.75, 3.05) is 7.11 Å². The molecule has 1 aromatic rings. The first-order chi connectivity index (χ1) is 6.38. The number of methoxy groups -OCH3 is 1. The molecule has 74 valence electrons. The molecule has 0 N–H and O–H groups in total. The van der Waals surface area contributed by atoms with Gasteiger partial charge in [0.05, 0.1) is 18.5 Å². The second kappa shape index (κ2) is 3.58. The molecule has 0 spiro atoms. The molecule has 1 atom stereocenters. The molecule has 1 heterocycles. The van der Waals surface area contributed by atoms with E-state index in [4.69, 9.17) is 22.2 Å².